The minimum atomic E-state index is -3.77. The second-order valence-corrected chi connectivity index (χ2v) is 9.38. The second-order valence-electron chi connectivity index (χ2n) is 7.62. The van der Waals surface area contributed by atoms with Gasteiger partial charge in [-0.25, -0.2) is 13.1 Å². The van der Waals surface area contributed by atoms with Crippen molar-refractivity contribution >= 4 is 32.4 Å². The van der Waals surface area contributed by atoms with Crippen LogP contribution in [-0.4, -0.2) is 21.4 Å². The molecule has 170 valence electrons. The first kappa shape index (κ1) is 22.6. The van der Waals surface area contributed by atoms with Gasteiger partial charge in [-0.3, -0.25) is 4.79 Å². The SMILES string of the molecule is COc1ccc2cc([C@@H](C)C(=O)Nc3cccc(S(=O)(=O)NCc4ccco4)c3)ccc2c1. The second kappa shape index (κ2) is 9.48. The van der Waals surface area contributed by atoms with Gasteiger partial charge in [0.15, 0.2) is 0 Å². The maximum Gasteiger partial charge on any atom is 0.241 e. The molecule has 4 aromatic rings. The molecule has 1 amide bonds. The highest BCUT2D eigenvalue weighted by Crippen LogP contribution is 2.26. The Bertz CT molecular complexity index is 1380. The summed E-state index contributed by atoms with van der Waals surface area (Å²) >= 11 is 0. The molecule has 0 spiro atoms. The lowest BCUT2D eigenvalue weighted by Gasteiger charge is -2.14. The van der Waals surface area contributed by atoms with Crippen molar-refractivity contribution in [3.05, 3.63) is 90.4 Å². The normalized spacial score (nSPS) is 12.4. The van der Waals surface area contributed by atoms with Gasteiger partial charge < -0.3 is 14.5 Å². The first-order valence-corrected chi connectivity index (χ1v) is 11.8. The first-order chi connectivity index (χ1) is 15.9. The number of anilines is 1. The van der Waals surface area contributed by atoms with Crippen molar-refractivity contribution < 1.29 is 22.4 Å². The van der Waals surface area contributed by atoms with Crippen molar-refractivity contribution in [3.63, 3.8) is 0 Å². The Morgan fingerprint density at radius 1 is 1.00 bits per heavy atom. The van der Waals surface area contributed by atoms with Crippen molar-refractivity contribution in [2.24, 2.45) is 0 Å². The fourth-order valence-corrected chi connectivity index (χ4v) is 4.48. The topological polar surface area (TPSA) is 97.6 Å². The summed E-state index contributed by atoms with van der Waals surface area (Å²) in [6.45, 7) is 1.85. The molecule has 0 radical (unpaired) electrons. The number of rotatable bonds is 8. The van der Waals surface area contributed by atoms with Crippen molar-refractivity contribution in [2.75, 3.05) is 12.4 Å². The number of nitrogens with one attached hydrogen (secondary N) is 2. The molecule has 1 aromatic heterocycles. The summed E-state index contributed by atoms with van der Waals surface area (Å²) < 4.78 is 38.1. The Morgan fingerprint density at radius 2 is 1.79 bits per heavy atom. The van der Waals surface area contributed by atoms with Crippen molar-refractivity contribution in [1.82, 2.24) is 4.72 Å². The van der Waals surface area contributed by atoms with Gasteiger partial charge in [-0.05, 0) is 65.7 Å². The molecule has 8 heteroatoms. The quantitative estimate of drug-likeness (QED) is 0.395. The minimum absolute atomic E-state index is 0.0385. The average Bonchev–Trinajstić information content (AvgIpc) is 3.35. The van der Waals surface area contributed by atoms with Crippen LogP contribution in [0, 0.1) is 0 Å². The van der Waals surface area contributed by atoms with Gasteiger partial charge in [0.1, 0.15) is 11.5 Å². The van der Waals surface area contributed by atoms with Gasteiger partial charge in [-0.1, -0.05) is 30.3 Å². The van der Waals surface area contributed by atoms with Crippen LogP contribution in [-0.2, 0) is 21.4 Å². The molecule has 3 aromatic carbocycles. The van der Waals surface area contributed by atoms with E-state index in [1.807, 2.05) is 43.3 Å². The zero-order valence-corrected chi connectivity index (χ0v) is 19.1. The number of amides is 1. The number of hydrogen-bond donors (Lipinski definition) is 2. The predicted molar refractivity (Wildman–Crippen MR) is 127 cm³/mol. The molecule has 1 atom stereocenters. The summed E-state index contributed by atoms with van der Waals surface area (Å²) in [5.41, 5.74) is 1.26. The van der Waals surface area contributed by atoms with Crippen LogP contribution in [0.2, 0.25) is 0 Å². The standard InChI is InChI=1S/C25H24N2O5S/c1-17(18-8-9-20-14-22(31-2)11-10-19(20)13-18)25(28)27-21-5-3-7-24(15-21)33(29,30)26-16-23-6-4-12-32-23/h3-15,17,26H,16H2,1-2H3,(H,27,28)/t17-/m1/s1. The summed E-state index contributed by atoms with van der Waals surface area (Å²) in [6, 6.07) is 21.1. The zero-order chi connectivity index (χ0) is 23.4. The molecular formula is C25H24N2O5S. The predicted octanol–water partition coefficient (Wildman–Crippen LogP) is 4.66. The number of carbonyl (C=O) groups is 1. The molecule has 4 rings (SSSR count). The van der Waals surface area contributed by atoms with E-state index in [0.29, 0.717) is 11.4 Å². The number of ether oxygens (including phenoxy) is 1. The van der Waals surface area contributed by atoms with Crippen molar-refractivity contribution in [2.45, 2.75) is 24.3 Å². The molecule has 0 aliphatic carbocycles. The lowest BCUT2D eigenvalue weighted by atomic mass is 9.97. The van der Waals surface area contributed by atoms with Crippen LogP contribution in [0.15, 0.2) is 88.4 Å². The fraction of sp³-hybridized carbons (Fsp3) is 0.160. The van der Waals surface area contributed by atoms with E-state index in [1.54, 1.807) is 31.4 Å². The Morgan fingerprint density at radius 3 is 2.55 bits per heavy atom. The van der Waals surface area contributed by atoms with E-state index >= 15 is 0 Å². The Balaban J connectivity index is 1.47. The van der Waals surface area contributed by atoms with Gasteiger partial charge in [-0.2, -0.15) is 0 Å². The van der Waals surface area contributed by atoms with E-state index in [-0.39, 0.29) is 17.3 Å². The summed E-state index contributed by atoms with van der Waals surface area (Å²) in [5, 5.41) is 4.84. The van der Waals surface area contributed by atoms with Gasteiger partial charge in [-0.15, -0.1) is 0 Å². The highest BCUT2D eigenvalue weighted by molar-refractivity contribution is 7.89. The van der Waals surface area contributed by atoms with E-state index in [9.17, 15) is 13.2 Å². The molecule has 0 aliphatic rings. The number of benzene rings is 3. The number of carbonyl (C=O) groups excluding carboxylic acids is 1. The van der Waals surface area contributed by atoms with Gasteiger partial charge in [0.2, 0.25) is 15.9 Å². The van der Waals surface area contributed by atoms with Crippen LogP contribution in [0.3, 0.4) is 0 Å². The summed E-state index contributed by atoms with van der Waals surface area (Å²) in [7, 11) is -2.15. The maximum absolute atomic E-state index is 12.9. The molecule has 33 heavy (non-hydrogen) atoms. The van der Waals surface area contributed by atoms with Crippen LogP contribution >= 0.6 is 0 Å². The molecule has 0 saturated carbocycles. The number of sulfonamides is 1. The van der Waals surface area contributed by atoms with Crippen LogP contribution in [0.1, 0.15) is 24.2 Å². The fourth-order valence-electron chi connectivity index (χ4n) is 3.44. The van der Waals surface area contributed by atoms with Crippen LogP contribution in [0.25, 0.3) is 10.8 Å². The lowest BCUT2D eigenvalue weighted by Crippen LogP contribution is -2.23. The minimum Gasteiger partial charge on any atom is -0.497 e. The van der Waals surface area contributed by atoms with Gasteiger partial charge >= 0.3 is 0 Å². The Hall–Kier alpha value is -3.62. The van der Waals surface area contributed by atoms with Crippen LogP contribution < -0.4 is 14.8 Å². The molecule has 0 saturated heterocycles. The Kier molecular flexibility index (Phi) is 6.48. The summed E-state index contributed by atoms with van der Waals surface area (Å²) in [6.07, 6.45) is 1.48. The smallest absolute Gasteiger partial charge is 0.241 e. The molecule has 1 heterocycles. The molecule has 0 aliphatic heterocycles. The average molecular weight is 465 g/mol. The number of methoxy groups -OCH3 is 1. The third kappa shape index (κ3) is 5.24. The molecular weight excluding hydrogens is 440 g/mol. The maximum atomic E-state index is 12.9. The highest BCUT2D eigenvalue weighted by Gasteiger charge is 2.18. The highest BCUT2D eigenvalue weighted by atomic mass is 32.2. The number of fused-ring (bicyclic) bond motifs is 1. The Labute approximate surface area is 192 Å². The van der Waals surface area contributed by atoms with Gasteiger partial charge in [0, 0.05) is 5.69 Å². The summed E-state index contributed by atoms with van der Waals surface area (Å²) in [4.78, 5) is 12.9. The zero-order valence-electron chi connectivity index (χ0n) is 18.2. The summed E-state index contributed by atoms with van der Waals surface area (Å²) in [5.74, 6) is 0.606. The van der Waals surface area contributed by atoms with E-state index in [1.165, 1.54) is 18.4 Å². The third-order valence-corrected chi connectivity index (χ3v) is 6.79. The van der Waals surface area contributed by atoms with E-state index < -0.39 is 15.9 Å². The molecule has 0 unspecified atom stereocenters. The molecule has 7 nitrogen and oxygen atoms in total. The lowest BCUT2D eigenvalue weighted by molar-refractivity contribution is -0.117. The molecule has 2 N–H and O–H groups in total. The van der Waals surface area contributed by atoms with Crippen LogP contribution in [0.4, 0.5) is 5.69 Å². The van der Waals surface area contributed by atoms with Crippen molar-refractivity contribution in [3.8, 4) is 5.75 Å². The monoisotopic (exact) mass is 464 g/mol. The molecule has 0 bridgehead atoms. The van der Waals surface area contributed by atoms with Gasteiger partial charge in [0.25, 0.3) is 0 Å². The van der Waals surface area contributed by atoms with Gasteiger partial charge in [0.05, 0.1) is 30.7 Å². The largest absolute Gasteiger partial charge is 0.497 e. The van der Waals surface area contributed by atoms with E-state index in [0.717, 1.165) is 22.1 Å². The number of furan rings is 1. The van der Waals surface area contributed by atoms with E-state index in [4.69, 9.17) is 9.15 Å². The number of hydrogen-bond acceptors (Lipinski definition) is 5. The first-order valence-electron chi connectivity index (χ1n) is 10.4. The van der Waals surface area contributed by atoms with Crippen LogP contribution in [0.5, 0.6) is 5.75 Å². The van der Waals surface area contributed by atoms with E-state index in [2.05, 4.69) is 10.0 Å². The third-order valence-electron chi connectivity index (χ3n) is 5.39. The van der Waals surface area contributed by atoms with Crippen molar-refractivity contribution in [1.29, 1.82) is 0 Å². The molecule has 0 fully saturated rings.